The van der Waals surface area contributed by atoms with E-state index in [1.807, 2.05) is 6.92 Å². The van der Waals surface area contributed by atoms with Crippen molar-refractivity contribution in [3.63, 3.8) is 0 Å². The van der Waals surface area contributed by atoms with Gasteiger partial charge in [0.05, 0.1) is 11.0 Å². The molecule has 1 aromatic carbocycles. The van der Waals surface area contributed by atoms with Gasteiger partial charge >= 0.3 is 0 Å². The third-order valence-electron chi connectivity index (χ3n) is 2.56. The maximum atomic E-state index is 12.1. The van der Waals surface area contributed by atoms with E-state index in [0.717, 1.165) is 0 Å². The van der Waals surface area contributed by atoms with Crippen molar-refractivity contribution in [1.82, 2.24) is 4.72 Å². The van der Waals surface area contributed by atoms with Gasteiger partial charge in [-0.1, -0.05) is 11.6 Å². The van der Waals surface area contributed by atoms with Crippen molar-refractivity contribution in [1.29, 1.82) is 0 Å². The normalized spacial score (nSPS) is 13.5. The average molecular weight is 307 g/mol. The van der Waals surface area contributed by atoms with Gasteiger partial charge in [0.25, 0.3) is 0 Å². The van der Waals surface area contributed by atoms with Gasteiger partial charge in [-0.05, 0) is 37.6 Å². The van der Waals surface area contributed by atoms with Crippen molar-refractivity contribution in [2.24, 2.45) is 5.73 Å². The van der Waals surface area contributed by atoms with Gasteiger partial charge in [0.2, 0.25) is 10.0 Å². The Kier molecular flexibility index (Phi) is 6.22. The maximum Gasteiger partial charge on any atom is 0.240 e. The molecule has 0 aliphatic carbocycles. The molecule has 0 aliphatic rings. The standard InChI is InChI=1S/C12H19ClN2O3S/c1-3-18-9(2)8-15-19(16,17)11-4-5-12(13)10(6-11)7-14/h4-6,9,15H,3,7-8,14H2,1-2H3. The predicted molar refractivity (Wildman–Crippen MR) is 75.6 cm³/mol. The molecule has 1 aromatic rings. The van der Waals surface area contributed by atoms with Gasteiger partial charge in [0.15, 0.2) is 0 Å². The van der Waals surface area contributed by atoms with Crippen molar-refractivity contribution in [2.45, 2.75) is 31.4 Å². The van der Waals surface area contributed by atoms with Gasteiger partial charge in [-0.25, -0.2) is 13.1 Å². The summed E-state index contributed by atoms with van der Waals surface area (Å²) in [4.78, 5) is 0.154. The van der Waals surface area contributed by atoms with E-state index in [-0.39, 0.29) is 24.1 Å². The van der Waals surface area contributed by atoms with Crippen LogP contribution < -0.4 is 10.5 Å². The molecule has 1 unspecified atom stereocenters. The molecule has 0 heterocycles. The van der Waals surface area contributed by atoms with E-state index in [9.17, 15) is 8.42 Å². The van der Waals surface area contributed by atoms with Crippen molar-refractivity contribution in [3.05, 3.63) is 28.8 Å². The summed E-state index contributed by atoms with van der Waals surface area (Å²) in [5, 5.41) is 0.462. The van der Waals surface area contributed by atoms with Gasteiger partial charge in [-0.2, -0.15) is 0 Å². The SMILES string of the molecule is CCOC(C)CNS(=O)(=O)c1ccc(Cl)c(CN)c1. The lowest BCUT2D eigenvalue weighted by atomic mass is 10.2. The van der Waals surface area contributed by atoms with Crippen molar-refractivity contribution in [3.8, 4) is 0 Å². The smallest absolute Gasteiger partial charge is 0.240 e. The molecule has 1 atom stereocenters. The minimum absolute atomic E-state index is 0.154. The van der Waals surface area contributed by atoms with Gasteiger partial charge in [0, 0.05) is 24.7 Å². The first-order chi connectivity index (χ1) is 8.90. The molecule has 5 nitrogen and oxygen atoms in total. The fourth-order valence-electron chi connectivity index (χ4n) is 1.53. The number of hydrogen-bond acceptors (Lipinski definition) is 4. The summed E-state index contributed by atoms with van der Waals surface area (Å²) in [6.07, 6.45) is -0.180. The number of halogens is 1. The molecule has 0 saturated heterocycles. The molecule has 3 N–H and O–H groups in total. The molecule has 0 aromatic heterocycles. The predicted octanol–water partition coefficient (Wildman–Crippen LogP) is 1.50. The Balaban J connectivity index is 2.83. The van der Waals surface area contributed by atoms with Crippen LogP contribution in [0, 0.1) is 0 Å². The number of sulfonamides is 1. The highest BCUT2D eigenvalue weighted by Crippen LogP contribution is 2.19. The van der Waals surface area contributed by atoms with Crippen LogP contribution in [-0.4, -0.2) is 27.7 Å². The number of benzene rings is 1. The van der Waals surface area contributed by atoms with Gasteiger partial charge in [-0.3, -0.25) is 0 Å². The van der Waals surface area contributed by atoms with Crippen molar-refractivity contribution >= 4 is 21.6 Å². The van der Waals surface area contributed by atoms with Crippen LogP contribution in [0.5, 0.6) is 0 Å². The van der Waals surface area contributed by atoms with E-state index in [4.69, 9.17) is 22.1 Å². The molecule has 0 aliphatic heterocycles. The second-order valence-corrected chi connectivity index (χ2v) is 6.25. The highest BCUT2D eigenvalue weighted by Gasteiger charge is 2.16. The summed E-state index contributed by atoms with van der Waals surface area (Å²) < 4.78 is 31.9. The Bertz CT molecular complexity index is 520. The van der Waals surface area contributed by atoms with E-state index in [1.54, 1.807) is 6.92 Å². The molecule has 0 bridgehead atoms. The van der Waals surface area contributed by atoms with Crippen LogP contribution in [0.2, 0.25) is 5.02 Å². The number of rotatable bonds is 7. The number of ether oxygens (including phenoxy) is 1. The average Bonchev–Trinajstić information content (AvgIpc) is 2.37. The topological polar surface area (TPSA) is 81.4 Å². The third kappa shape index (κ3) is 4.74. The lowest BCUT2D eigenvalue weighted by molar-refractivity contribution is 0.0799. The van der Waals surface area contributed by atoms with Crippen LogP contribution in [0.4, 0.5) is 0 Å². The van der Waals surface area contributed by atoms with Crippen molar-refractivity contribution < 1.29 is 13.2 Å². The molecule has 0 saturated carbocycles. The Morgan fingerprint density at radius 3 is 2.74 bits per heavy atom. The number of nitrogens with one attached hydrogen (secondary N) is 1. The molecule has 0 fully saturated rings. The Morgan fingerprint density at radius 1 is 1.47 bits per heavy atom. The van der Waals surface area contributed by atoms with Crippen LogP contribution in [0.15, 0.2) is 23.1 Å². The van der Waals surface area contributed by atoms with Gasteiger partial charge in [-0.15, -0.1) is 0 Å². The zero-order valence-corrected chi connectivity index (χ0v) is 12.6. The minimum atomic E-state index is -3.57. The quantitative estimate of drug-likeness (QED) is 0.800. The van der Waals surface area contributed by atoms with Crippen molar-refractivity contribution in [2.75, 3.05) is 13.2 Å². The van der Waals surface area contributed by atoms with Gasteiger partial charge in [0.1, 0.15) is 0 Å². The molecule has 7 heteroatoms. The molecule has 0 radical (unpaired) electrons. The van der Waals surface area contributed by atoms with E-state index >= 15 is 0 Å². The highest BCUT2D eigenvalue weighted by molar-refractivity contribution is 7.89. The maximum absolute atomic E-state index is 12.1. The molecule has 0 spiro atoms. The molecule has 0 amide bonds. The number of nitrogens with two attached hydrogens (primary N) is 1. The Morgan fingerprint density at radius 2 is 2.16 bits per heavy atom. The van der Waals surface area contributed by atoms with Crippen LogP contribution >= 0.6 is 11.6 Å². The summed E-state index contributed by atoms with van der Waals surface area (Å²) in [6.45, 7) is 4.62. The molecular weight excluding hydrogens is 288 g/mol. The summed E-state index contributed by atoms with van der Waals surface area (Å²) >= 11 is 5.90. The summed E-state index contributed by atoms with van der Waals surface area (Å²) in [7, 11) is -3.57. The first kappa shape index (κ1) is 16.4. The molecule has 19 heavy (non-hydrogen) atoms. The van der Waals surface area contributed by atoms with Crippen LogP contribution in [-0.2, 0) is 21.3 Å². The zero-order chi connectivity index (χ0) is 14.5. The van der Waals surface area contributed by atoms with E-state index < -0.39 is 10.0 Å². The largest absolute Gasteiger partial charge is 0.377 e. The molecular formula is C12H19ClN2O3S. The van der Waals surface area contributed by atoms with Crippen LogP contribution in [0.25, 0.3) is 0 Å². The van der Waals surface area contributed by atoms with Crippen LogP contribution in [0.1, 0.15) is 19.4 Å². The summed E-state index contributed by atoms with van der Waals surface area (Å²) in [6, 6.07) is 4.47. The fourth-order valence-corrected chi connectivity index (χ4v) is 2.89. The zero-order valence-electron chi connectivity index (χ0n) is 11.0. The highest BCUT2D eigenvalue weighted by atomic mass is 35.5. The molecule has 108 valence electrons. The fraction of sp³-hybridized carbons (Fsp3) is 0.500. The van der Waals surface area contributed by atoms with E-state index in [0.29, 0.717) is 17.2 Å². The summed E-state index contributed by atoms with van der Waals surface area (Å²) in [5.74, 6) is 0. The molecule has 1 rings (SSSR count). The monoisotopic (exact) mass is 306 g/mol. The van der Waals surface area contributed by atoms with Gasteiger partial charge < -0.3 is 10.5 Å². The minimum Gasteiger partial charge on any atom is -0.377 e. The van der Waals surface area contributed by atoms with Crippen LogP contribution in [0.3, 0.4) is 0 Å². The lowest BCUT2D eigenvalue weighted by Crippen LogP contribution is -2.32. The Hall–Kier alpha value is -0.660. The first-order valence-corrected chi connectivity index (χ1v) is 7.86. The van der Waals surface area contributed by atoms with E-state index in [2.05, 4.69) is 4.72 Å². The second kappa shape index (κ2) is 7.21. The summed E-state index contributed by atoms with van der Waals surface area (Å²) in [5.41, 5.74) is 6.10. The van der Waals surface area contributed by atoms with E-state index in [1.165, 1.54) is 18.2 Å². The lowest BCUT2D eigenvalue weighted by Gasteiger charge is -2.13. The first-order valence-electron chi connectivity index (χ1n) is 6.00. The number of hydrogen-bond donors (Lipinski definition) is 2. The Labute approximate surface area is 119 Å². The second-order valence-electron chi connectivity index (χ2n) is 4.08. The third-order valence-corrected chi connectivity index (χ3v) is 4.35.